The minimum absolute atomic E-state index is 0. The average Bonchev–Trinajstić information content (AvgIpc) is 3.15. The Balaban J connectivity index is 0.00000178. The summed E-state index contributed by atoms with van der Waals surface area (Å²) in [6, 6.07) is 12.0. The number of halogens is 2. The molecular formula is C32H46Cl2N2O2Pt. The molecule has 3 N–H and O–H groups in total. The molecule has 4 nitrogen and oxygen atoms in total. The van der Waals surface area contributed by atoms with Gasteiger partial charge in [0.05, 0.1) is 6.10 Å². The van der Waals surface area contributed by atoms with Gasteiger partial charge in [-0.15, -0.1) is 0 Å². The van der Waals surface area contributed by atoms with Crippen LogP contribution >= 0.6 is 0 Å². The predicted octanol–water partition coefficient (Wildman–Crippen LogP) is 1.47. The number of aryl methyl sites for hydroxylation is 1. The summed E-state index contributed by atoms with van der Waals surface area (Å²) in [4.78, 5) is 4.31. The summed E-state index contributed by atoms with van der Waals surface area (Å²) in [5.74, 6) is 3.84. The molecule has 7 heteroatoms. The summed E-state index contributed by atoms with van der Waals surface area (Å²) in [7, 11) is 0. The fourth-order valence-electron chi connectivity index (χ4n) is 8.10. The van der Waals surface area contributed by atoms with Gasteiger partial charge in [0.1, 0.15) is 11.6 Å². The number of aromatic hydroxyl groups is 1. The molecule has 3 unspecified atom stereocenters. The number of phenolic OH excluding ortho intramolecular Hbond substituents is 1. The molecule has 0 aliphatic heterocycles. The molecule has 2 aromatic rings. The van der Waals surface area contributed by atoms with Gasteiger partial charge in [0.25, 0.3) is 0 Å². The largest absolute Gasteiger partial charge is 2.00 e. The van der Waals surface area contributed by atoms with Gasteiger partial charge in [-0.3, -0.25) is 0 Å². The first kappa shape index (κ1) is 34.4. The maximum absolute atomic E-state index is 11.4. The van der Waals surface area contributed by atoms with Crippen molar-refractivity contribution in [3.05, 3.63) is 53.7 Å². The normalized spacial score (nSPS) is 28.5. The van der Waals surface area contributed by atoms with Crippen LogP contribution in [0.15, 0.2) is 42.6 Å². The Kier molecular flexibility index (Phi) is 14.1. The molecule has 0 spiro atoms. The number of aliphatic hydroxyl groups is 1. The molecule has 6 atom stereocenters. The first-order valence-electron chi connectivity index (χ1n) is 14.7. The SMILES string of the molecule is C[C@]12CCC3c4ccc(O)cc4CCC3C1C[C@H](CCCCCCCCCNc1ccccn1)[C@@H]2O.[Cl-].[Cl-].[Pt+2]. The number of aromatic nitrogens is 1. The van der Waals surface area contributed by atoms with Gasteiger partial charge in [-0.25, -0.2) is 4.98 Å². The fraction of sp³-hybridized carbons (Fsp3) is 0.656. The van der Waals surface area contributed by atoms with Gasteiger partial charge in [-0.1, -0.05) is 57.6 Å². The number of pyridine rings is 1. The molecule has 0 bridgehead atoms. The number of hydrogen-bond donors (Lipinski definition) is 3. The molecule has 2 saturated carbocycles. The number of hydrogen-bond acceptors (Lipinski definition) is 4. The Morgan fingerprint density at radius 1 is 0.974 bits per heavy atom. The molecule has 0 saturated heterocycles. The number of unbranched alkanes of at least 4 members (excludes halogenated alkanes) is 6. The average molecular weight is 757 g/mol. The predicted molar refractivity (Wildman–Crippen MR) is 147 cm³/mol. The topological polar surface area (TPSA) is 65.4 Å². The van der Waals surface area contributed by atoms with Crippen LogP contribution < -0.4 is 30.1 Å². The molecule has 3 aliphatic rings. The molecule has 2 fully saturated rings. The molecule has 39 heavy (non-hydrogen) atoms. The number of anilines is 1. The van der Waals surface area contributed by atoms with Crippen LogP contribution in [0.1, 0.15) is 101 Å². The van der Waals surface area contributed by atoms with Gasteiger partial charge in [0.15, 0.2) is 0 Å². The van der Waals surface area contributed by atoms with E-state index in [0.29, 0.717) is 29.4 Å². The van der Waals surface area contributed by atoms with E-state index in [0.717, 1.165) is 25.2 Å². The number of rotatable bonds is 11. The summed E-state index contributed by atoms with van der Waals surface area (Å²) in [5, 5.41) is 24.8. The van der Waals surface area contributed by atoms with Gasteiger partial charge in [-0.05, 0) is 109 Å². The monoisotopic (exact) mass is 755 g/mol. The van der Waals surface area contributed by atoms with E-state index >= 15 is 0 Å². The number of nitrogens with one attached hydrogen (secondary N) is 1. The zero-order valence-corrected chi connectivity index (χ0v) is 27.0. The van der Waals surface area contributed by atoms with Crippen LogP contribution in [0.3, 0.4) is 0 Å². The van der Waals surface area contributed by atoms with Gasteiger partial charge in [0, 0.05) is 12.7 Å². The second-order valence-electron chi connectivity index (χ2n) is 12.2. The third-order valence-corrected chi connectivity index (χ3v) is 10.0. The molecule has 1 heterocycles. The Morgan fingerprint density at radius 3 is 2.46 bits per heavy atom. The molecule has 5 rings (SSSR count). The molecular weight excluding hydrogens is 710 g/mol. The van der Waals surface area contributed by atoms with Crippen LogP contribution in [0.25, 0.3) is 0 Å². The van der Waals surface area contributed by atoms with E-state index in [9.17, 15) is 10.2 Å². The van der Waals surface area contributed by atoms with Crippen LogP contribution in [0.4, 0.5) is 5.82 Å². The van der Waals surface area contributed by atoms with E-state index in [1.165, 1.54) is 81.8 Å². The molecule has 1 aromatic heterocycles. The summed E-state index contributed by atoms with van der Waals surface area (Å²) in [6.45, 7) is 3.40. The zero-order chi connectivity index (χ0) is 25.0. The van der Waals surface area contributed by atoms with E-state index in [2.05, 4.69) is 23.3 Å². The summed E-state index contributed by atoms with van der Waals surface area (Å²) < 4.78 is 0. The molecule has 1 aromatic carbocycles. The third kappa shape index (κ3) is 7.94. The maximum Gasteiger partial charge on any atom is 2.00 e. The minimum Gasteiger partial charge on any atom is -1.00 e. The van der Waals surface area contributed by atoms with E-state index in [1.807, 2.05) is 36.5 Å². The molecule has 0 radical (unpaired) electrons. The number of nitrogens with zero attached hydrogens (tertiary/aromatic N) is 1. The van der Waals surface area contributed by atoms with Crippen molar-refractivity contribution in [1.82, 2.24) is 4.98 Å². The van der Waals surface area contributed by atoms with E-state index in [-0.39, 0.29) is 57.4 Å². The van der Waals surface area contributed by atoms with Crippen molar-refractivity contribution in [2.24, 2.45) is 23.2 Å². The Bertz CT molecular complexity index is 997. The van der Waals surface area contributed by atoms with E-state index in [1.54, 1.807) is 0 Å². The summed E-state index contributed by atoms with van der Waals surface area (Å²) in [5.41, 5.74) is 2.94. The van der Waals surface area contributed by atoms with Gasteiger partial charge < -0.3 is 40.3 Å². The van der Waals surface area contributed by atoms with Crippen molar-refractivity contribution < 1.29 is 56.1 Å². The Morgan fingerprint density at radius 2 is 1.72 bits per heavy atom. The van der Waals surface area contributed by atoms with Crippen LogP contribution in [0, 0.1) is 23.2 Å². The smallest absolute Gasteiger partial charge is 1.00 e. The maximum atomic E-state index is 11.4. The van der Waals surface area contributed by atoms with Crippen LogP contribution in [-0.4, -0.2) is 27.8 Å². The Labute approximate surface area is 262 Å². The van der Waals surface area contributed by atoms with Crippen molar-refractivity contribution in [1.29, 1.82) is 0 Å². The second-order valence-corrected chi connectivity index (χ2v) is 12.2. The van der Waals surface area contributed by atoms with E-state index < -0.39 is 0 Å². The standard InChI is InChI=1S/C32H46N2O2.2ClH.Pt/c1-32-18-17-27-26-16-14-25(35)21-23(26)13-15-28(27)29(32)22-24(31(32)36)11-7-5-3-2-4-6-9-19-33-30-12-8-10-20-34-30;;;/h8,10,12,14,16,20-21,24,27-29,31,35-36H,2-7,9,11,13,15,17-19,22H2,1H3,(H,33,34);2*1H;/q;;;+2/p-2/t24-,27?,28?,29?,31-,32-;;;/m0.../s1. The number of benzene rings is 1. The third-order valence-electron chi connectivity index (χ3n) is 10.0. The van der Waals surface area contributed by atoms with Crippen molar-refractivity contribution in [2.45, 2.75) is 102 Å². The van der Waals surface area contributed by atoms with Gasteiger partial charge in [0.2, 0.25) is 0 Å². The van der Waals surface area contributed by atoms with Crippen molar-refractivity contribution in [3.8, 4) is 5.75 Å². The van der Waals surface area contributed by atoms with Crippen LogP contribution in [-0.2, 0) is 27.5 Å². The van der Waals surface area contributed by atoms with Crippen molar-refractivity contribution in [3.63, 3.8) is 0 Å². The molecule has 3 aliphatic carbocycles. The van der Waals surface area contributed by atoms with E-state index in [4.69, 9.17) is 0 Å². The summed E-state index contributed by atoms with van der Waals surface area (Å²) in [6.07, 6.45) is 17.8. The fourth-order valence-corrected chi connectivity index (χ4v) is 8.10. The Hall–Kier alpha value is -0.802. The number of aliphatic hydroxyl groups excluding tert-OH is 1. The van der Waals surface area contributed by atoms with Crippen molar-refractivity contribution in [2.75, 3.05) is 11.9 Å². The first-order chi connectivity index (χ1) is 17.6. The zero-order valence-electron chi connectivity index (χ0n) is 23.2. The molecule has 0 amide bonds. The number of fused-ring (bicyclic) bond motifs is 5. The van der Waals surface area contributed by atoms with Gasteiger partial charge in [-0.2, -0.15) is 0 Å². The molecule has 220 valence electrons. The van der Waals surface area contributed by atoms with Crippen LogP contribution in [0.5, 0.6) is 5.75 Å². The first-order valence-corrected chi connectivity index (χ1v) is 14.7. The minimum atomic E-state index is -0.128. The van der Waals surface area contributed by atoms with Crippen LogP contribution in [0.2, 0.25) is 0 Å². The second kappa shape index (κ2) is 16.0. The van der Waals surface area contributed by atoms with Gasteiger partial charge >= 0.3 is 21.1 Å². The van der Waals surface area contributed by atoms with Crippen molar-refractivity contribution >= 4 is 5.82 Å². The quantitative estimate of drug-likeness (QED) is 0.305. The summed E-state index contributed by atoms with van der Waals surface area (Å²) >= 11 is 0. The number of phenols is 1.